The van der Waals surface area contributed by atoms with E-state index in [4.69, 9.17) is 16.3 Å². The van der Waals surface area contributed by atoms with E-state index in [1.54, 1.807) is 18.2 Å². The lowest BCUT2D eigenvalue weighted by molar-refractivity contribution is -0.124. The smallest absolute Gasteiger partial charge is 0.408 e. The van der Waals surface area contributed by atoms with Gasteiger partial charge < -0.3 is 10.1 Å². The van der Waals surface area contributed by atoms with Gasteiger partial charge in [0.2, 0.25) is 0 Å². The second-order valence-corrected chi connectivity index (χ2v) is 9.52. The summed E-state index contributed by atoms with van der Waals surface area (Å²) in [5, 5.41) is 3.12. The molecule has 7 heteroatoms. The van der Waals surface area contributed by atoms with Crippen LogP contribution in [0.5, 0.6) is 0 Å². The lowest BCUT2D eigenvalue weighted by Gasteiger charge is -2.26. The van der Waals surface area contributed by atoms with Crippen molar-refractivity contribution >= 4 is 41.9 Å². The number of rotatable bonds is 10. The number of halogens is 1. The molecular formula is C28H28ClNO4S. The van der Waals surface area contributed by atoms with E-state index in [1.165, 1.54) is 0 Å². The van der Waals surface area contributed by atoms with Gasteiger partial charge in [0.25, 0.3) is 0 Å². The Morgan fingerprint density at radius 2 is 1.51 bits per heavy atom. The zero-order chi connectivity index (χ0) is 25.4. The molecule has 0 aromatic heterocycles. The van der Waals surface area contributed by atoms with Crippen LogP contribution in [0.1, 0.15) is 35.3 Å². The molecule has 35 heavy (non-hydrogen) atoms. The van der Waals surface area contributed by atoms with Gasteiger partial charge in [-0.25, -0.2) is 4.79 Å². The SMILES string of the molecule is CC(C)C(NC(=O)OCc1ccccc1)C(=O)C(Cc1ccccc1)C(=O)c1ccc(Cl)cc1S. The van der Waals surface area contributed by atoms with Crippen LogP contribution in [0.3, 0.4) is 0 Å². The van der Waals surface area contributed by atoms with E-state index in [2.05, 4.69) is 17.9 Å². The Bertz CT molecular complexity index is 1170. The minimum Gasteiger partial charge on any atom is -0.445 e. The molecule has 0 saturated carbocycles. The van der Waals surface area contributed by atoms with Gasteiger partial charge in [-0.3, -0.25) is 9.59 Å². The summed E-state index contributed by atoms with van der Waals surface area (Å²) in [6, 6.07) is 22.4. The van der Waals surface area contributed by atoms with E-state index >= 15 is 0 Å². The van der Waals surface area contributed by atoms with Crippen molar-refractivity contribution in [2.75, 3.05) is 0 Å². The maximum atomic E-state index is 13.7. The van der Waals surface area contributed by atoms with Crippen LogP contribution in [-0.4, -0.2) is 23.7 Å². The monoisotopic (exact) mass is 509 g/mol. The van der Waals surface area contributed by atoms with Gasteiger partial charge in [0.15, 0.2) is 11.6 Å². The van der Waals surface area contributed by atoms with E-state index in [0.29, 0.717) is 15.5 Å². The first kappa shape index (κ1) is 26.5. The zero-order valence-corrected chi connectivity index (χ0v) is 21.3. The van der Waals surface area contributed by atoms with Gasteiger partial charge in [0, 0.05) is 15.5 Å². The number of benzene rings is 3. The molecule has 5 nitrogen and oxygen atoms in total. The number of ketones is 2. The lowest BCUT2D eigenvalue weighted by Crippen LogP contribution is -2.49. The Morgan fingerprint density at radius 1 is 0.914 bits per heavy atom. The molecule has 0 radical (unpaired) electrons. The minimum atomic E-state index is -1.02. The molecule has 0 aliphatic heterocycles. The number of Topliss-reactive ketones (excluding diaryl/α,β-unsaturated/α-hetero) is 2. The summed E-state index contributed by atoms with van der Waals surface area (Å²) in [4.78, 5) is 40.3. The number of nitrogens with one attached hydrogen (secondary N) is 1. The average molecular weight is 510 g/mol. The molecule has 2 atom stereocenters. The summed E-state index contributed by atoms with van der Waals surface area (Å²) >= 11 is 10.4. The summed E-state index contributed by atoms with van der Waals surface area (Å²) in [6.07, 6.45) is -0.522. The van der Waals surface area contributed by atoms with Crippen LogP contribution in [0.25, 0.3) is 0 Å². The molecule has 0 bridgehead atoms. The van der Waals surface area contributed by atoms with Crippen LogP contribution >= 0.6 is 24.2 Å². The van der Waals surface area contributed by atoms with Crippen molar-refractivity contribution in [3.05, 3.63) is 101 Å². The molecule has 0 aliphatic rings. The van der Waals surface area contributed by atoms with Crippen molar-refractivity contribution in [1.29, 1.82) is 0 Å². The highest BCUT2D eigenvalue weighted by atomic mass is 35.5. The Kier molecular flexibility index (Phi) is 9.52. The van der Waals surface area contributed by atoms with Crippen LogP contribution in [0.15, 0.2) is 83.8 Å². The van der Waals surface area contributed by atoms with Gasteiger partial charge in [0.1, 0.15) is 6.61 Å². The Balaban J connectivity index is 1.83. The molecule has 0 fully saturated rings. The standard InChI is InChI=1S/C28H28ClNO4S/c1-18(2)25(30-28(33)34-17-20-11-7-4-8-12-20)27(32)23(15-19-9-5-3-6-10-19)26(31)22-14-13-21(29)16-24(22)35/h3-14,16,18,23,25,35H,15,17H2,1-2H3,(H,30,33). The largest absolute Gasteiger partial charge is 0.445 e. The number of hydrogen-bond acceptors (Lipinski definition) is 5. The first-order chi connectivity index (χ1) is 16.8. The fourth-order valence-corrected chi connectivity index (χ4v) is 4.32. The molecule has 1 amide bonds. The molecule has 0 saturated heterocycles. The molecular weight excluding hydrogens is 482 g/mol. The summed E-state index contributed by atoms with van der Waals surface area (Å²) in [5.41, 5.74) is 1.97. The van der Waals surface area contributed by atoms with E-state index < -0.39 is 18.1 Å². The number of amides is 1. The van der Waals surface area contributed by atoms with Gasteiger partial charge in [-0.15, -0.1) is 12.6 Å². The fourth-order valence-electron chi connectivity index (χ4n) is 3.75. The summed E-state index contributed by atoms with van der Waals surface area (Å²) in [7, 11) is 0. The topological polar surface area (TPSA) is 72.5 Å². The van der Waals surface area contributed by atoms with E-state index in [-0.39, 0.29) is 30.5 Å². The predicted molar refractivity (Wildman–Crippen MR) is 140 cm³/mol. The fraction of sp³-hybridized carbons (Fsp3) is 0.250. The second kappa shape index (κ2) is 12.6. The lowest BCUT2D eigenvalue weighted by atomic mass is 9.82. The maximum Gasteiger partial charge on any atom is 0.408 e. The zero-order valence-electron chi connectivity index (χ0n) is 19.6. The van der Waals surface area contributed by atoms with Crippen LogP contribution in [0.2, 0.25) is 5.02 Å². The molecule has 3 rings (SSSR count). The van der Waals surface area contributed by atoms with Crippen LogP contribution in [0, 0.1) is 11.8 Å². The highest BCUT2D eigenvalue weighted by Gasteiger charge is 2.36. The highest BCUT2D eigenvalue weighted by Crippen LogP contribution is 2.26. The van der Waals surface area contributed by atoms with E-state index in [0.717, 1.165) is 11.1 Å². The Hall–Kier alpha value is -3.09. The van der Waals surface area contributed by atoms with Crippen LogP contribution in [0.4, 0.5) is 4.79 Å². The average Bonchev–Trinajstić information content (AvgIpc) is 2.85. The van der Waals surface area contributed by atoms with Crippen LogP contribution in [-0.2, 0) is 22.6 Å². The molecule has 0 heterocycles. The van der Waals surface area contributed by atoms with Crippen LogP contribution < -0.4 is 5.32 Å². The second-order valence-electron chi connectivity index (χ2n) is 8.60. The number of hydrogen-bond donors (Lipinski definition) is 2. The molecule has 3 aromatic carbocycles. The number of alkyl carbamates (subject to hydrolysis) is 1. The molecule has 0 aliphatic carbocycles. The van der Waals surface area contributed by atoms with Gasteiger partial charge >= 0.3 is 6.09 Å². The van der Waals surface area contributed by atoms with Gasteiger partial charge in [0.05, 0.1) is 12.0 Å². The number of carbonyl (C=O) groups excluding carboxylic acids is 3. The molecule has 3 aromatic rings. The third-order valence-electron chi connectivity index (χ3n) is 5.63. The van der Waals surface area contributed by atoms with Gasteiger partial charge in [-0.1, -0.05) is 86.1 Å². The maximum absolute atomic E-state index is 13.7. The van der Waals surface area contributed by atoms with Crippen molar-refractivity contribution in [3.63, 3.8) is 0 Å². The predicted octanol–water partition coefficient (Wildman–Crippen LogP) is 6.19. The molecule has 0 spiro atoms. The number of carbonyl (C=O) groups is 3. The highest BCUT2D eigenvalue weighted by molar-refractivity contribution is 7.80. The summed E-state index contributed by atoms with van der Waals surface area (Å²) in [5.74, 6) is -2.04. The summed E-state index contributed by atoms with van der Waals surface area (Å²) in [6.45, 7) is 3.71. The van der Waals surface area contributed by atoms with Gasteiger partial charge in [-0.05, 0) is 41.7 Å². The number of ether oxygens (including phenoxy) is 1. The van der Waals surface area contributed by atoms with Crippen molar-refractivity contribution in [2.45, 2.75) is 37.8 Å². The van der Waals surface area contributed by atoms with E-state index in [1.807, 2.05) is 74.5 Å². The number of thiol groups is 1. The van der Waals surface area contributed by atoms with E-state index in [9.17, 15) is 14.4 Å². The minimum absolute atomic E-state index is 0.0752. The van der Waals surface area contributed by atoms with Crippen molar-refractivity contribution in [3.8, 4) is 0 Å². The third kappa shape index (κ3) is 7.44. The third-order valence-corrected chi connectivity index (χ3v) is 6.23. The molecule has 2 unspecified atom stereocenters. The van der Waals surface area contributed by atoms with Crippen molar-refractivity contribution in [2.24, 2.45) is 11.8 Å². The molecule has 182 valence electrons. The summed E-state index contributed by atoms with van der Waals surface area (Å²) < 4.78 is 5.32. The quantitative estimate of drug-likeness (QED) is 0.194. The van der Waals surface area contributed by atoms with Crippen molar-refractivity contribution in [1.82, 2.24) is 5.32 Å². The van der Waals surface area contributed by atoms with Gasteiger partial charge in [-0.2, -0.15) is 0 Å². The Morgan fingerprint density at radius 3 is 2.09 bits per heavy atom. The first-order valence-corrected chi connectivity index (χ1v) is 12.2. The Labute approximate surface area is 216 Å². The normalized spacial score (nSPS) is 12.6. The first-order valence-electron chi connectivity index (χ1n) is 11.3. The molecule has 1 N–H and O–H groups in total. The van der Waals surface area contributed by atoms with Crippen molar-refractivity contribution < 1.29 is 19.1 Å².